The molecule has 1 amide bonds. The fourth-order valence-electron chi connectivity index (χ4n) is 3.94. The van der Waals surface area contributed by atoms with E-state index in [1.807, 2.05) is 6.92 Å². The summed E-state index contributed by atoms with van der Waals surface area (Å²) in [5, 5.41) is 19.6. The highest BCUT2D eigenvalue weighted by Gasteiger charge is 2.49. The van der Waals surface area contributed by atoms with Gasteiger partial charge in [0, 0.05) is 11.3 Å². The van der Waals surface area contributed by atoms with E-state index in [1.54, 1.807) is 54.6 Å². The van der Waals surface area contributed by atoms with Crippen molar-refractivity contribution in [2.75, 3.05) is 11.5 Å². The molecule has 1 atom stereocenters. The number of hydrogen-bond donors (Lipinski definition) is 1. The van der Waals surface area contributed by atoms with Crippen LogP contribution in [0.5, 0.6) is 5.75 Å². The molecular formula is C27H22FN3O5S2. The second-order valence-corrected chi connectivity index (χ2v) is 10.5. The average Bonchev–Trinajstić information content (AvgIpc) is 3.68. The first kappa shape index (κ1) is 25.7. The van der Waals surface area contributed by atoms with Gasteiger partial charge in [0.25, 0.3) is 5.78 Å². The first-order chi connectivity index (χ1) is 18.5. The van der Waals surface area contributed by atoms with Gasteiger partial charge in [0.1, 0.15) is 29.1 Å². The van der Waals surface area contributed by atoms with Crippen LogP contribution in [0.25, 0.3) is 5.76 Å². The van der Waals surface area contributed by atoms with Crippen LogP contribution in [0.1, 0.15) is 36.3 Å². The van der Waals surface area contributed by atoms with E-state index < -0.39 is 17.7 Å². The number of ether oxygens (including phenoxy) is 1. The largest absolute Gasteiger partial charge is 0.507 e. The van der Waals surface area contributed by atoms with Crippen molar-refractivity contribution in [1.29, 1.82) is 0 Å². The van der Waals surface area contributed by atoms with Crippen LogP contribution in [0.3, 0.4) is 0 Å². The standard InChI is InChI=1S/C27H22FN3O5S2/c1-2-13-35-18-11-9-16(10-12-18)23(32)21-22(20-8-5-14-36-20)31(25(34)24(21)33)26-29-30-27(38-26)37-15-17-6-3-4-7-19(17)28/h3-12,14,22,32H,2,13,15H2,1H3/b23-21-. The van der Waals surface area contributed by atoms with Gasteiger partial charge >= 0.3 is 5.91 Å². The zero-order chi connectivity index (χ0) is 26.6. The van der Waals surface area contributed by atoms with Gasteiger partial charge in [-0.3, -0.25) is 14.5 Å². The number of aliphatic hydroxyl groups excluding tert-OH is 1. The maximum absolute atomic E-state index is 14.0. The first-order valence-corrected chi connectivity index (χ1v) is 13.6. The molecule has 5 rings (SSSR count). The Morgan fingerprint density at radius 3 is 2.63 bits per heavy atom. The lowest BCUT2D eigenvalue weighted by molar-refractivity contribution is -0.132. The van der Waals surface area contributed by atoms with Gasteiger partial charge < -0.3 is 14.3 Å². The number of nitrogens with zero attached hydrogens (tertiary/aromatic N) is 3. The van der Waals surface area contributed by atoms with Gasteiger partial charge in [0.2, 0.25) is 5.13 Å². The van der Waals surface area contributed by atoms with Crippen molar-refractivity contribution in [2.45, 2.75) is 29.5 Å². The predicted octanol–water partition coefficient (Wildman–Crippen LogP) is 5.98. The van der Waals surface area contributed by atoms with Gasteiger partial charge in [0.15, 0.2) is 4.34 Å². The second-order valence-electron chi connectivity index (χ2n) is 8.29. The molecule has 1 N–H and O–H groups in total. The Bertz CT molecular complexity index is 1480. The van der Waals surface area contributed by atoms with Crippen LogP contribution in [0.2, 0.25) is 0 Å². The van der Waals surface area contributed by atoms with E-state index in [0.717, 1.165) is 17.8 Å². The second kappa shape index (κ2) is 11.2. The highest BCUT2D eigenvalue weighted by molar-refractivity contribution is 8.00. The van der Waals surface area contributed by atoms with E-state index in [4.69, 9.17) is 9.15 Å². The minimum atomic E-state index is -1.04. The van der Waals surface area contributed by atoms with E-state index in [1.165, 1.54) is 29.0 Å². The molecule has 0 aliphatic carbocycles. The molecular weight excluding hydrogens is 529 g/mol. The van der Waals surface area contributed by atoms with Crippen molar-refractivity contribution in [3.05, 3.63) is 95.2 Å². The Balaban J connectivity index is 1.47. The molecule has 2 aromatic carbocycles. The quantitative estimate of drug-likeness (QED) is 0.0891. The van der Waals surface area contributed by atoms with Crippen LogP contribution < -0.4 is 9.64 Å². The number of amides is 1. The van der Waals surface area contributed by atoms with E-state index in [2.05, 4.69) is 10.2 Å². The summed E-state index contributed by atoms with van der Waals surface area (Å²) in [6.07, 6.45) is 2.27. The Labute approximate surface area is 225 Å². The number of thioether (sulfide) groups is 1. The summed E-state index contributed by atoms with van der Waals surface area (Å²) in [6.45, 7) is 2.55. The van der Waals surface area contributed by atoms with Crippen molar-refractivity contribution < 1.29 is 28.2 Å². The molecule has 38 heavy (non-hydrogen) atoms. The van der Waals surface area contributed by atoms with Crippen LogP contribution in [-0.4, -0.2) is 33.6 Å². The summed E-state index contributed by atoms with van der Waals surface area (Å²) in [7, 11) is 0. The van der Waals surface area contributed by atoms with E-state index in [9.17, 15) is 19.1 Å². The van der Waals surface area contributed by atoms with Crippen LogP contribution >= 0.6 is 23.1 Å². The number of carbonyl (C=O) groups is 2. The molecule has 0 spiro atoms. The normalized spacial score (nSPS) is 16.8. The SMILES string of the molecule is CCCOc1ccc(/C(O)=C2/C(=O)C(=O)N(c3nnc(SCc4ccccc4F)s3)C2c2ccco2)cc1. The van der Waals surface area contributed by atoms with E-state index in [-0.39, 0.29) is 28.0 Å². The minimum Gasteiger partial charge on any atom is -0.507 e. The van der Waals surface area contributed by atoms with Gasteiger partial charge in [-0.05, 0) is 54.4 Å². The molecule has 1 aliphatic rings. The van der Waals surface area contributed by atoms with Crippen molar-refractivity contribution >= 4 is 45.7 Å². The van der Waals surface area contributed by atoms with Crippen molar-refractivity contribution in [1.82, 2.24) is 10.2 Å². The zero-order valence-corrected chi connectivity index (χ0v) is 21.8. The summed E-state index contributed by atoms with van der Waals surface area (Å²) in [4.78, 5) is 27.6. The van der Waals surface area contributed by atoms with Crippen LogP contribution in [0.4, 0.5) is 9.52 Å². The summed E-state index contributed by atoms with van der Waals surface area (Å²) in [6, 6.07) is 15.3. The molecule has 1 unspecified atom stereocenters. The molecule has 1 aliphatic heterocycles. The number of anilines is 1. The van der Waals surface area contributed by atoms with E-state index in [0.29, 0.717) is 33.6 Å². The molecule has 2 aromatic heterocycles. The highest BCUT2D eigenvalue weighted by atomic mass is 32.2. The number of aromatic nitrogens is 2. The summed E-state index contributed by atoms with van der Waals surface area (Å²) < 4.78 is 25.6. The monoisotopic (exact) mass is 551 g/mol. The van der Waals surface area contributed by atoms with E-state index >= 15 is 0 Å². The van der Waals surface area contributed by atoms with Gasteiger partial charge in [-0.1, -0.05) is 48.2 Å². The number of carbonyl (C=O) groups excluding carboxylic acids is 2. The third-order valence-corrected chi connectivity index (χ3v) is 7.87. The molecule has 3 heterocycles. The number of Topliss-reactive ketones (excluding diaryl/α,β-unsaturated/α-hetero) is 1. The number of hydrogen-bond acceptors (Lipinski definition) is 9. The molecule has 194 valence electrons. The Hall–Kier alpha value is -3.96. The molecule has 11 heteroatoms. The number of rotatable bonds is 9. The number of halogens is 1. The number of ketones is 1. The molecule has 8 nitrogen and oxygen atoms in total. The number of furan rings is 1. The van der Waals surface area contributed by atoms with Crippen LogP contribution in [0.15, 0.2) is 81.3 Å². The molecule has 1 fully saturated rings. The lowest BCUT2D eigenvalue weighted by Crippen LogP contribution is -2.29. The molecule has 4 aromatic rings. The third kappa shape index (κ3) is 5.07. The Morgan fingerprint density at radius 1 is 1.13 bits per heavy atom. The van der Waals surface area contributed by atoms with Gasteiger partial charge in [-0.15, -0.1) is 10.2 Å². The predicted molar refractivity (Wildman–Crippen MR) is 142 cm³/mol. The van der Waals surface area contributed by atoms with Gasteiger partial charge in [-0.25, -0.2) is 4.39 Å². The maximum atomic E-state index is 14.0. The van der Waals surface area contributed by atoms with Crippen LogP contribution in [-0.2, 0) is 15.3 Å². The lowest BCUT2D eigenvalue weighted by atomic mass is 9.99. The van der Waals surface area contributed by atoms with Gasteiger partial charge in [-0.2, -0.15) is 0 Å². The fourth-order valence-corrected chi connectivity index (χ4v) is 5.80. The Morgan fingerprint density at radius 2 is 1.92 bits per heavy atom. The highest BCUT2D eigenvalue weighted by Crippen LogP contribution is 2.44. The molecule has 0 saturated carbocycles. The van der Waals surface area contributed by atoms with Crippen molar-refractivity contribution in [2.24, 2.45) is 0 Å². The maximum Gasteiger partial charge on any atom is 0.302 e. The Kier molecular flexibility index (Phi) is 7.57. The number of benzene rings is 2. The summed E-state index contributed by atoms with van der Waals surface area (Å²) in [5.74, 6) is -1.17. The fraction of sp³-hybridized carbons (Fsp3) is 0.185. The van der Waals surface area contributed by atoms with Gasteiger partial charge in [0.05, 0.1) is 18.4 Å². The topological polar surface area (TPSA) is 106 Å². The summed E-state index contributed by atoms with van der Waals surface area (Å²) >= 11 is 2.35. The molecule has 0 radical (unpaired) electrons. The smallest absolute Gasteiger partial charge is 0.302 e. The third-order valence-electron chi connectivity index (χ3n) is 5.77. The van der Waals surface area contributed by atoms with Crippen molar-refractivity contribution in [3.63, 3.8) is 0 Å². The molecule has 1 saturated heterocycles. The first-order valence-electron chi connectivity index (χ1n) is 11.7. The van der Waals surface area contributed by atoms with Crippen LogP contribution in [0, 0.1) is 5.82 Å². The number of aliphatic hydroxyl groups is 1. The zero-order valence-electron chi connectivity index (χ0n) is 20.2. The summed E-state index contributed by atoms with van der Waals surface area (Å²) in [5.41, 5.74) is 0.737. The minimum absolute atomic E-state index is 0.122. The lowest BCUT2D eigenvalue weighted by Gasteiger charge is -2.20. The molecule has 0 bridgehead atoms. The average molecular weight is 552 g/mol. The van der Waals surface area contributed by atoms with Crippen molar-refractivity contribution in [3.8, 4) is 5.75 Å².